The lowest BCUT2D eigenvalue weighted by Gasteiger charge is -2.30. The third kappa shape index (κ3) is 6.73. The predicted molar refractivity (Wildman–Crippen MR) is 113 cm³/mol. The highest BCUT2D eigenvalue weighted by molar-refractivity contribution is 5.86. The van der Waals surface area contributed by atoms with E-state index in [0.717, 1.165) is 24.1 Å². The molecular weight excluding hydrogens is 369 g/mol. The van der Waals surface area contributed by atoms with Crippen molar-refractivity contribution in [3.05, 3.63) is 59.7 Å². The first-order chi connectivity index (χ1) is 13.8. The molecule has 0 fully saturated rings. The first-order valence-electron chi connectivity index (χ1n) is 10.2. The Hall–Kier alpha value is -2.63. The summed E-state index contributed by atoms with van der Waals surface area (Å²) in [6, 6.07) is 9.78. The highest BCUT2D eigenvalue weighted by Crippen LogP contribution is 2.11. The number of halogens is 1. The van der Waals surface area contributed by atoms with Gasteiger partial charge in [0, 0.05) is 31.5 Å². The van der Waals surface area contributed by atoms with E-state index in [9.17, 15) is 14.0 Å². The Morgan fingerprint density at radius 3 is 2.34 bits per heavy atom. The summed E-state index contributed by atoms with van der Waals surface area (Å²) < 4.78 is 15.1. The van der Waals surface area contributed by atoms with Crippen LogP contribution in [-0.2, 0) is 29.6 Å². The number of unbranched alkanes of at least 4 members (excludes halogenated alkanes) is 1. The quantitative estimate of drug-likeness (QED) is 0.608. The van der Waals surface area contributed by atoms with Crippen molar-refractivity contribution in [3.8, 4) is 0 Å². The van der Waals surface area contributed by atoms with Gasteiger partial charge in [0.15, 0.2) is 0 Å². The highest BCUT2D eigenvalue weighted by atomic mass is 19.1. The molecule has 0 unspecified atom stereocenters. The number of carbonyl (C=O) groups is 2. The van der Waals surface area contributed by atoms with Crippen LogP contribution in [0, 0.1) is 5.82 Å². The van der Waals surface area contributed by atoms with E-state index in [1.165, 1.54) is 12.1 Å². The molecule has 0 aliphatic rings. The Morgan fingerprint density at radius 1 is 1.10 bits per heavy atom. The van der Waals surface area contributed by atoms with E-state index in [0.29, 0.717) is 13.1 Å². The number of benzene rings is 1. The smallest absolute Gasteiger partial charge is 0.242 e. The minimum Gasteiger partial charge on any atom is -0.353 e. The zero-order valence-electron chi connectivity index (χ0n) is 17.9. The monoisotopic (exact) mass is 401 g/mol. The Labute approximate surface area is 173 Å². The maximum atomic E-state index is 13.1. The average molecular weight is 402 g/mol. The molecule has 0 saturated heterocycles. The molecule has 1 heterocycles. The molecule has 2 rings (SSSR count). The SMILES string of the molecule is CCCCN(Cc1cccn1C)C(=O)CN(C(=O)Cc1ccc(F)cc1)C(C)C. The molecule has 5 nitrogen and oxygen atoms in total. The van der Waals surface area contributed by atoms with Crippen molar-refractivity contribution < 1.29 is 14.0 Å². The molecule has 0 N–H and O–H groups in total. The van der Waals surface area contributed by atoms with Gasteiger partial charge in [0.1, 0.15) is 5.82 Å². The molecule has 0 radical (unpaired) electrons. The van der Waals surface area contributed by atoms with Gasteiger partial charge in [-0.3, -0.25) is 9.59 Å². The number of aryl methyl sites for hydroxylation is 1. The van der Waals surface area contributed by atoms with Crippen molar-refractivity contribution in [2.75, 3.05) is 13.1 Å². The van der Waals surface area contributed by atoms with Crippen LogP contribution >= 0.6 is 0 Å². The molecule has 2 aromatic rings. The van der Waals surface area contributed by atoms with Gasteiger partial charge < -0.3 is 14.4 Å². The van der Waals surface area contributed by atoms with Gasteiger partial charge in [-0.25, -0.2) is 4.39 Å². The van der Waals surface area contributed by atoms with Crippen molar-refractivity contribution in [3.63, 3.8) is 0 Å². The van der Waals surface area contributed by atoms with E-state index >= 15 is 0 Å². The van der Waals surface area contributed by atoms with E-state index in [-0.39, 0.29) is 36.6 Å². The summed E-state index contributed by atoms with van der Waals surface area (Å²) in [6.07, 6.45) is 4.03. The van der Waals surface area contributed by atoms with Crippen molar-refractivity contribution in [2.45, 2.75) is 52.6 Å². The number of hydrogen-bond acceptors (Lipinski definition) is 2. The van der Waals surface area contributed by atoms with Crippen molar-refractivity contribution >= 4 is 11.8 Å². The largest absolute Gasteiger partial charge is 0.353 e. The summed E-state index contributed by atoms with van der Waals surface area (Å²) in [4.78, 5) is 29.4. The number of nitrogens with zero attached hydrogens (tertiary/aromatic N) is 3. The average Bonchev–Trinajstić information content (AvgIpc) is 3.08. The van der Waals surface area contributed by atoms with E-state index < -0.39 is 0 Å². The van der Waals surface area contributed by atoms with Crippen molar-refractivity contribution in [2.24, 2.45) is 7.05 Å². The van der Waals surface area contributed by atoms with E-state index in [4.69, 9.17) is 0 Å². The molecule has 1 aromatic heterocycles. The lowest BCUT2D eigenvalue weighted by atomic mass is 10.1. The van der Waals surface area contributed by atoms with Crippen LogP contribution in [0.1, 0.15) is 44.9 Å². The fourth-order valence-corrected chi connectivity index (χ4v) is 3.18. The lowest BCUT2D eigenvalue weighted by molar-refractivity contribution is -0.142. The molecule has 1 aromatic carbocycles. The Bertz CT molecular complexity index is 799. The van der Waals surface area contributed by atoms with Gasteiger partial charge >= 0.3 is 0 Å². The second kappa shape index (κ2) is 10.8. The van der Waals surface area contributed by atoms with E-state index in [2.05, 4.69) is 6.92 Å². The van der Waals surface area contributed by atoms with Crippen LogP contribution in [0.2, 0.25) is 0 Å². The highest BCUT2D eigenvalue weighted by Gasteiger charge is 2.24. The second-order valence-electron chi connectivity index (χ2n) is 7.70. The van der Waals surface area contributed by atoms with E-state index in [1.807, 2.05) is 48.7 Å². The summed E-state index contributed by atoms with van der Waals surface area (Å²) in [6.45, 7) is 7.15. The zero-order valence-corrected chi connectivity index (χ0v) is 17.9. The summed E-state index contributed by atoms with van der Waals surface area (Å²) in [5.41, 5.74) is 1.80. The van der Waals surface area contributed by atoms with Crippen molar-refractivity contribution in [1.29, 1.82) is 0 Å². The topological polar surface area (TPSA) is 45.6 Å². The maximum Gasteiger partial charge on any atom is 0.242 e. The molecular formula is C23H32FN3O2. The molecule has 6 heteroatoms. The fraction of sp³-hybridized carbons (Fsp3) is 0.478. The second-order valence-corrected chi connectivity index (χ2v) is 7.70. The lowest BCUT2D eigenvalue weighted by Crippen LogP contribution is -2.46. The molecule has 0 saturated carbocycles. The summed E-state index contributed by atoms with van der Waals surface area (Å²) >= 11 is 0. The minimum atomic E-state index is -0.329. The van der Waals surface area contributed by atoms with Crippen LogP contribution in [0.5, 0.6) is 0 Å². The molecule has 29 heavy (non-hydrogen) atoms. The summed E-state index contributed by atoms with van der Waals surface area (Å²) in [7, 11) is 1.96. The third-order valence-corrected chi connectivity index (χ3v) is 5.06. The summed E-state index contributed by atoms with van der Waals surface area (Å²) in [5.74, 6) is -0.514. The van der Waals surface area contributed by atoms with Gasteiger partial charge in [-0.2, -0.15) is 0 Å². The van der Waals surface area contributed by atoms with Crippen LogP contribution in [0.15, 0.2) is 42.6 Å². The zero-order chi connectivity index (χ0) is 21.4. The van der Waals surface area contributed by atoms with E-state index in [1.54, 1.807) is 17.0 Å². The molecule has 0 bridgehead atoms. The fourth-order valence-electron chi connectivity index (χ4n) is 3.18. The molecule has 2 amide bonds. The van der Waals surface area contributed by atoms with Crippen LogP contribution in [0.4, 0.5) is 4.39 Å². The molecule has 0 aliphatic heterocycles. The Morgan fingerprint density at radius 2 is 1.79 bits per heavy atom. The number of hydrogen-bond donors (Lipinski definition) is 0. The number of aromatic nitrogens is 1. The van der Waals surface area contributed by atoms with Gasteiger partial charge in [-0.1, -0.05) is 25.5 Å². The van der Waals surface area contributed by atoms with Gasteiger partial charge in [0.2, 0.25) is 11.8 Å². The third-order valence-electron chi connectivity index (χ3n) is 5.06. The van der Waals surface area contributed by atoms with Gasteiger partial charge in [0.25, 0.3) is 0 Å². The van der Waals surface area contributed by atoms with Crippen LogP contribution in [0.25, 0.3) is 0 Å². The number of carbonyl (C=O) groups excluding carboxylic acids is 2. The first-order valence-corrected chi connectivity index (χ1v) is 10.2. The van der Waals surface area contributed by atoms with Gasteiger partial charge in [-0.15, -0.1) is 0 Å². The van der Waals surface area contributed by atoms with Crippen LogP contribution in [-0.4, -0.2) is 45.3 Å². The standard InChI is InChI=1S/C23H32FN3O2/c1-5-6-14-26(16-21-8-7-13-25(21)4)23(29)17-27(18(2)3)22(28)15-19-9-11-20(24)12-10-19/h7-13,18H,5-6,14-17H2,1-4H3. The van der Waals surface area contributed by atoms with Crippen LogP contribution in [0.3, 0.4) is 0 Å². The molecule has 0 atom stereocenters. The minimum absolute atomic E-state index is 0.0475. The number of amides is 2. The van der Waals surface area contributed by atoms with Gasteiger partial charge in [0.05, 0.1) is 19.5 Å². The number of rotatable bonds is 10. The Balaban J connectivity index is 2.08. The van der Waals surface area contributed by atoms with Gasteiger partial charge in [-0.05, 0) is 50.1 Å². The predicted octanol–water partition coefficient (Wildman–Crippen LogP) is 3.77. The molecule has 158 valence electrons. The normalized spacial score (nSPS) is 11.0. The Kier molecular flexibility index (Phi) is 8.43. The van der Waals surface area contributed by atoms with Crippen molar-refractivity contribution in [1.82, 2.24) is 14.4 Å². The van der Waals surface area contributed by atoms with Crippen LogP contribution < -0.4 is 0 Å². The molecule has 0 spiro atoms. The molecule has 0 aliphatic carbocycles. The summed E-state index contributed by atoms with van der Waals surface area (Å²) in [5, 5.41) is 0. The first kappa shape index (κ1) is 22.7. The maximum absolute atomic E-state index is 13.1.